The number of rotatable bonds is 6. The molecule has 21 heavy (non-hydrogen) atoms. The summed E-state index contributed by atoms with van der Waals surface area (Å²) in [5.41, 5.74) is 1.27. The van der Waals surface area contributed by atoms with E-state index in [9.17, 15) is 9.59 Å². The Hall–Kier alpha value is -2.04. The van der Waals surface area contributed by atoms with Gasteiger partial charge in [-0.15, -0.1) is 0 Å². The molecule has 0 saturated heterocycles. The van der Waals surface area contributed by atoms with Gasteiger partial charge in [0, 0.05) is 13.6 Å². The lowest BCUT2D eigenvalue weighted by Gasteiger charge is -2.19. The summed E-state index contributed by atoms with van der Waals surface area (Å²) in [7, 11) is 1.57. The second-order valence-corrected chi connectivity index (χ2v) is 6.02. The molecule has 0 aliphatic rings. The van der Waals surface area contributed by atoms with E-state index in [0.717, 1.165) is 0 Å². The highest BCUT2D eigenvalue weighted by molar-refractivity contribution is 5.78. The summed E-state index contributed by atoms with van der Waals surface area (Å²) in [5.74, 6) is -0.535. The number of likely N-dealkylation sites (N-methyl/N-ethyl adjacent to an activating group) is 1. The fraction of sp³-hybridized carbons (Fsp3) is 0.500. The third-order valence-electron chi connectivity index (χ3n) is 3.17. The number of ether oxygens (including phenoxy) is 1. The van der Waals surface area contributed by atoms with Gasteiger partial charge in [0.1, 0.15) is 5.75 Å². The molecular formula is C16H23NO4. The maximum atomic E-state index is 11.8. The minimum absolute atomic E-state index is 0.0669. The summed E-state index contributed by atoms with van der Waals surface area (Å²) in [6.07, 6.45) is -0.0669. The highest BCUT2D eigenvalue weighted by Gasteiger charge is 2.14. The van der Waals surface area contributed by atoms with Crippen LogP contribution in [-0.4, -0.2) is 42.1 Å². The van der Waals surface area contributed by atoms with Gasteiger partial charge in [-0.1, -0.05) is 32.9 Å². The first-order chi connectivity index (χ1) is 9.70. The maximum absolute atomic E-state index is 11.8. The minimum atomic E-state index is -0.923. The van der Waals surface area contributed by atoms with Crippen molar-refractivity contribution in [2.24, 2.45) is 0 Å². The number of nitrogens with zero attached hydrogens (tertiary/aromatic N) is 1. The zero-order valence-electron chi connectivity index (χ0n) is 13.0. The SMILES string of the molecule is CN(CCC(=O)O)C(=O)COc1ccc(C(C)(C)C)cc1. The lowest BCUT2D eigenvalue weighted by molar-refractivity contribution is -0.138. The summed E-state index contributed by atoms with van der Waals surface area (Å²) in [6.45, 7) is 6.48. The fourth-order valence-corrected chi connectivity index (χ4v) is 1.69. The van der Waals surface area contributed by atoms with Crippen LogP contribution in [-0.2, 0) is 15.0 Å². The zero-order valence-corrected chi connectivity index (χ0v) is 13.0. The number of carbonyl (C=O) groups excluding carboxylic acids is 1. The fourth-order valence-electron chi connectivity index (χ4n) is 1.69. The average Bonchev–Trinajstić information content (AvgIpc) is 2.41. The van der Waals surface area contributed by atoms with Crippen molar-refractivity contribution >= 4 is 11.9 Å². The predicted octanol–water partition coefficient (Wildman–Crippen LogP) is 2.30. The van der Waals surface area contributed by atoms with Gasteiger partial charge in [-0.25, -0.2) is 0 Å². The van der Waals surface area contributed by atoms with Crippen molar-refractivity contribution in [1.29, 1.82) is 0 Å². The van der Waals surface area contributed by atoms with Crippen molar-refractivity contribution in [3.8, 4) is 5.75 Å². The van der Waals surface area contributed by atoms with E-state index < -0.39 is 5.97 Å². The van der Waals surface area contributed by atoms with Crippen molar-refractivity contribution in [2.75, 3.05) is 20.2 Å². The third kappa shape index (κ3) is 5.85. The molecule has 0 fully saturated rings. The third-order valence-corrected chi connectivity index (χ3v) is 3.17. The van der Waals surface area contributed by atoms with Crippen LogP contribution in [0.5, 0.6) is 5.75 Å². The molecule has 0 bridgehead atoms. The van der Waals surface area contributed by atoms with E-state index in [4.69, 9.17) is 9.84 Å². The van der Waals surface area contributed by atoms with Gasteiger partial charge in [-0.2, -0.15) is 0 Å². The maximum Gasteiger partial charge on any atom is 0.305 e. The van der Waals surface area contributed by atoms with Gasteiger partial charge in [-0.05, 0) is 23.1 Å². The van der Waals surface area contributed by atoms with Crippen LogP contribution in [0.15, 0.2) is 24.3 Å². The Kier molecular flexibility index (Phi) is 5.76. The Morgan fingerprint density at radius 3 is 2.24 bits per heavy atom. The standard InChI is InChI=1S/C16H23NO4/c1-16(2,3)12-5-7-13(8-6-12)21-11-14(18)17(4)10-9-15(19)20/h5-8H,9-11H2,1-4H3,(H,19,20). The molecule has 1 aromatic carbocycles. The summed E-state index contributed by atoms with van der Waals surface area (Å²) in [6, 6.07) is 7.64. The van der Waals surface area contributed by atoms with Crippen molar-refractivity contribution in [1.82, 2.24) is 4.90 Å². The molecule has 0 saturated carbocycles. The first-order valence-electron chi connectivity index (χ1n) is 6.89. The van der Waals surface area contributed by atoms with Gasteiger partial charge >= 0.3 is 5.97 Å². The topological polar surface area (TPSA) is 66.8 Å². The second kappa shape index (κ2) is 7.11. The van der Waals surface area contributed by atoms with E-state index >= 15 is 0 Å². The molecule has 0 radical (unpaired) electrons. The number of carbonyl (C=O) groups is 2. The van der Waals surface area contributed by atoms with E-state index in [1.807, 2.05) is 24.3 Å². The lowest BCUT2D eigenvalue weighted by atomic mass is 9.87. The highest BCUT2D eigenvalue weighted by atomic mass is 16.5. The molecule has 0 spiro atoms. The molecule has 0 atom stereocenters. The molecule has 5 nitrogen and oxygen atoms in total. The van der Waals surface area contributed by atoms with Gasteiger partial charge in [0.2, 0.25) is 0 Å². The first-order valence-corrected chi connectivity index (χ1v) is 6.89. The van der Waals surface area contributed by atoms with Crippen LogP contribution in [0.1, 0.15) is 32.8 Å². The summed E-state index contributed by atoms with van der Waals surface area (Å²) in [5, 5.41) is 8.57. The minimum Gasteiger partial charge on any atom is -0.484 e. The van der Waals surface area contributed by atoms with Crippen molar-refractivity contribution in [3.05, 3.63) is 29.8 Å². The van der Waals surface area contributed by atoms with Gasteiger partial charge in [0.25, 0.3) is 5.91 Å². The van der Waals surface area contributed by atoms with E-state index in [2.05, 4.69) is 20.8 Å². The van der Waals surface area contributed by atoms with Gasteiger partial charge in [0.05, 0.1) is 6.42 Å². The van der Waals surface area contributed by atoms with Crippen LogP contribution in [0.3, 0.4) is 0 Å². The van der Waals surface area contributed by atoms with Crippen LogP contribution >= 0.6 is 0 Å². The first kappa shape index (κ1) is 17.0. The summed E-state index contributed by atoms with van der Waals surface area (Å²) < 4.78 is 5.42. The number of aliphatic carboxylic acids is 1. The van der Waals surface area contributed by atoms with Crippen molar-refractivity contribution in [3.63, 3.8) is 0 Å². The largest absolute Gasteiger partial charge is 0.484 e. The Bertz CT molecular complexity index is 488. The molecule has 1 aromatic rings. The Morgan fingerprint density at radius 2 is 1.76 bits per heavy atom. The van der Waals surface area contributed by atoms with Gasteiger partial charge < -0.3 is 14.7 Å². The smallest absolute Gasteiger partial charge is 0.305 e. The molecule has 1 rings (SSSR count). The van der Waals surface area contributed by atoms with Crippen LogP contribution in [0, 0.1) is 0 Å². The molecule has 0 aromatic heterocycles. The Morgan fingerprint density at radius 1 is 1.19 bits per heavy atom. The number of hydrogen-bond acceptors (Lipinski definition) is 3. The molecule has 0 aliphatic heterocycles. The Balaban J connectivity index is 2.48. The summed E-state index contributed by atoms with van der Waals surface area (Å²) in [4.78, 5) is 23.6. The van der Waals surface area contributed by atoms with Gasteiger partial charge in [0.15, 0.2) is 6.61 Å². The highest BCUT2D eigenvalue weighted by Crippen LogP contribution is 2.24. The number of amides is 1. The predicted molar refractivity (Wildman–Crippen MR) is 80.5 cm³/mol. The zero-order chi connectivity index (χ0) is 16.0. The Labute approximate surface area is 125 Å². The monoisotopic (exact) mass is 293 g/mol. The van der Waals surface area contributed by atoms with Crippen LogP contribution < -0.4 is 4.74 Å². The molecular weight excluding hydrogens is 270 g/mol. The molecule has 116 valence electrons. The molecule has 1 amide bonds. The van der Waals surface area contributed by atoms with Crippen LogP contribution in [0.2, 0.25) is 0 Å². The lowest BCUT2D eigenvalue weighted by Crippen LogP contribution is -2.33. The van der Waals surface area contributed by atoms with E-state index in [1.54, 1.807) is 7.05 Å². The van der Waals surface area contributed by atoms with Gasteiger partial charge in [-0.3, -0.25) is 9.59 Å². The van der Waals surface area contributed by atoms with Crippen LogP contribution in [0.4, 0.5) is 0 Å². The average molecular weight is 293 g/mol. The number of hydrogen-bond donors (Lipinski definition) is 1. The van der Waals surface area contributed by atoms with E-state index in [1.165, 1.54) is 10.5 Å². The van der Waals surface area contributed by atoms with E-state index in [-0.39, 0.29) is 30.9 Å². The molecule has 0 unspecified atom stereocenters. The quantitative estimate of drug-likeness (QED) is 0.874. The number of carboxylic acids is 1. The summed E-state index contributed by atoms with van der Waals surface area (Å²) >= 11 is 0. The molecule has 0 heterocycles. The van der Waals surface area contributed by atoms with Crippen LogP contribution in [0.25, 0.3) is 0 Å². The van der Waals surface area contributed by atoms with Crippen molar-refractivity contribution in [2.45, 2.75) is 32.6 Å². The van der Waals surface area contributed by atoms with E-state index in [0.29, 0.717) is 5.75 Å². The number of benzene rings is 1. The van der Waals surface area contributed by atoms with Crippen molar-refractivity contribution < 1.29 is 19.4 Å². The number of carboxylic acid groups (broad SMARTS) is 1. The molecule has 1 N–H and O–H groups in total. The molecule has 5 heteroatoms. The molecule has 0 aliphatic carbocycles. The second-order valence-electron chi connectivity index (χ2n) is 6.02. The normalized spacial score (nSPS) is 11.0.